The van der Waals surface area contributed by atoms with Crippen LogP contribution in [0.15, 0.2) is 53.0 Å². The van der Waals surface area contributed by atoms with Crippen LogP contribution in [-0.4, -0.2) is 5.88 Å². The molecule has 3 heteroatoms. The molecule has 0 saturated carbocycles. The standard InChI is InChI=1S/C15H15BrClN/c16-14-5-1-13(2-6-14)11-18-15-7-3-12(4-8-15)9-10-17/h1-8,18H,9-11H2. The van der Waals surface area contributed by atoms with Crippen molar-refractivity contribution in [1.82, 2.24) is 0 Å². The van der Waals surface area contributed by atoms with Gasteiger partial charge in [0.05, 0.1) is 0 Å². The lowest BCUT2D eigenvalue weighted by Crippen LogP contribution is -1.99. The van der Waals surface area contributed by atoms with Crippen molar-refractivity contribution in [3.63, 3.8) is 0 Å². The lowest BCUT2D eigenvalue weighted by molar-refractivity contribution is 1.13. The van der Waals surface area contributed by atoms with Crippen LogP contribution in [0.4, 0.5) is 5.69 Å². The SMILES string of the molecule is ClCCc1ccc(NCc2ccc(Br)cc2)cc1. The van der Waals surface area contributed by atoms with E-state index in [1.54, 1.807) is 0 Å². The molecule has 18 heavy (non-hydrogen) atoms. The largest absolute Gasteiger partial charge is 0.381 e. The first-order chi connectivity index (χ1) is 8.78. The summed E-state index contributed by atoms with van der Waals surface area (Å²) in [6.07, 6.45) is 0.925. The predicted octanol–water partition coefficient (Wildman–Crippen LogP) is 4.84. The van der Waals surface area contributed by atoms with E-state index in [0.717, 1.165) is 23.1 Å². The molecule has 0 saturated heterocycles. The Hall–Kier alpha value is -0.990. The van der Waals surface area contributed by atoms with E-state index in [0.29, 0.717) is 5.88 Å². The Morgan fingerprint density at radius 3 is 2.11 bits per heavy atom. The number of nitrogens with one attached hydrogen (secondary N) is 1. The van der Waals surface area contributed by atoms with E-state index in [1.165, 1.54) is 11.1 Å². The topological polar surface area (TPSA) is 12.0 Å². The first kappa shape index (κ1) is 13.4. The molecule has 0 aliphatic carbocycles. The van der Waals surface area contributed by atoms with Gasteiger partial charge in [-0.2, -0.15) is 0 Å². The van der Waals surface area contributed by atoms with Crippen molar-refractivity contribution in [2.24, 2.45) is 0 Å². The molecule has 1 N–H and O–H groups in total. The summed E-state index contributed by atoms with van der Waals surface area (Å²) in [6, 6.07) is 16.8. The van der Waals surface area contributed by atoms with Gasteiger partial charge >= 0.3 is 0 Å². The summed E-state index contributed by atoms with van der Waals surface area (Å²) >= 11 is 9.14. The molecule has 0 aliphatic heterocycles. The van der Waals surface area contributed by atoms with Gasteiger partial charge in [-0.15, -0.1) is 11.6 Å². The molecule has 0 atom stereocenters. The highest BCUT2D eigenvalue weighted by atomic mass is 79.9. The molecule has 0 unspecified atom stereocenters. The number of aryl methyl sites for hydroxylation is 1. The number of hydrogen-bond acceptors (Lipinski definition) is 1. The van der Waals surface area contributed by atoms with Gasteiger partial charge in [-0.1, -0.05) is 40.2 Å². The number of hydrogen-bond donors (Lipinski definition) is 1. The lowest BCUT2D eigenvalue weighted by atomic mass is 10.1. The number of rotatable bonds is 5. The highest BCUT2D eigenvalue weighted by Gasteiger charge is 1.96. The minimum Gasteiger partial charge on any atom is -0.381 e. The number of benzene rings is 2. The quantitative estimate of drug-likeness (QED) is 0.776. The Morgan fingerprint density at radius 2 is 1.50 bits per heavy atom. The van der Waals surface area contributed by atoms with Crippen LogP contribution in [0.2, 0.25) is 0 Å². The zero-order chi connectivity index (χ0) is 12.8. The highest BCUT2D eigenvalue weighted by molar-refractivity contribution is 9.10. The van der Waals surface area contributed by atoms with E-state index in [9.17, 15) is 0 Å². The Balaban J connectivity index is 1.91. The van der Waals surface area contributed by atoms with Gasteiger partial charge in [0.15, 0.2) is 0 Å². The monoisotopic (exact) mass is 323 g/mol. The molecule has 0 radical (unpaired) electrons. The van der Waals surface area contributed by atoms with Crippen LogP contribution >= 0.6 is 27.5 Å². The molecule has 0 bridgehead atoms. The summed E-state index contributed by atoms with van der Waals surface area (Å²) < 4.78 is 1.11. The smallest absolute Gasteiger partial charge is 0.0400 e. The van der Waals surface area contributed by atoms with Crippen LogP contribution in [0.5, 0.6) is 0 Å². The normalized spacial score (nSPS) is 10.3. The first-order valence-electron chi connectivity index (χ1n) is 5.91. The number of alkyl halides is 1. The van der Waals surface area contributed by atoms with Crippen molar-refractivity contribution in [2.75, 3.05) is 11.2 Å². The van der Waals surface area contributed by atoms with Crippen LogP contribution < -0.4 is 5.32 Å². The maximum absolute atomic E-state index is 5.71. The molecule has 0 aromatic heterocycles. The molecule has 0 heterocycles. The van der Waals surface area contributed by atoms with Crippen molar-refractivity contribution in [3.05, 3.63) is 64.1 Å². The van der Waals surface area contributed by atoms with Gasteiger partial charge in [0.1, 0.15) is 0 Å². The molecule has 0 amide bonds. The molecule has 2 aromatic rings. The van der Waals surface area contributed by atoms with Gasteiger partial charge in [0, 0.05) is 22.6 Å². The molecule has 0 aliphatic rings. The van der Waals surface area contributed by atoms with Gasteiger partial charge in [-0.3, -0.25) is 0 Å². The van der Waals surface area contributed by atoms with Crippen LogP contribution in [0.1, 0.15) is 11.1 Å². The minimum atomic E-state index is 0.672. The summed E-state index contributed by atoms with van der Waals surface area (Å²) in [5.41, 5.74) is 3.68. The molecule has 0 spiro atoms. The van der Waals surface area contributed by atoms with E-state index >= 15 is 0 Å². The van der Waals surface area contributed by atoms with E-state index in [-0.39, 0.29) is 0 Å². The zero-order valence-electron chi connectivity index (χ0n) is 10.00. The third kappa shape index (κ3) is 4.04. The second-order valence-corrected chi connectivity index (χ2v) is 5.41. The van der Waals surface area contributed by atoms with E-state index < -0.39 is 0 Å². The Kier molecular flexibility index (Phi) is 5.09. The summed E-state index contributed by atoms with van der Waals surface area (Å²) in [5, 5.41) is 3.40. The average Bonchev–Trinajstić information content (AvgIpc) is 2.40. The molecular weight excluding hydrogens is 310 g/mol. The van der Waals surface area contributed by atoms with Crippen LogP contribution in [0.25, 0.3) is 0 Å². The van der Waals surface area contributed by atoms with Crippen molar-refractivity contribution >= 4 is 33.2 Å². The summed E-state index contributed by atoms with van der Waals surface area (Å²) in [4.78, 5) is 0. The number of halogens is 2. The Labute approximate surface area is 121 Å². The fourth-order valence-corrected chi connectivity index (χ4v) is 2.19. The Bertz CT molecular complexity index is 479. The third-order valence-corrected chi connectivity index (χ3v) is 3.46. The highest BCUT2D eigenvalue weighted by Crippen LogP contribution is 2.14. The van der Waals surface area contributed by atoms with Crippen LogP contribution in [-0.2, 0) is 13.0 Å². The molecule has 2 aromatic carbocycles. The van der Waals surface area contributed by atoms with Gasteiger partial charge in [-0.05, 0) is 41.8 Å². The maximum atomic E-state index is 5.71. The average molecular weight is 325 g/mol. The van der Waals surface area contributed by atoms with Crippen molar-refractivity contribution < 1.29 is 0 Å². The minimum absolute atomic E-state index is 0.672. The van der Waals surface area contributed by atoms with Crippen LogP contribution in [0.3, 0.4) is 0 Å². The van der Waals surface area contributed by atoms with Crippen molar-refractivity contribution in [2.45, 2.75) is 13.0 Å². The molecular formula is C15H15BrClN. The van der Waals surface area contributed by atoms with Gasteiger partial charge in [0.2, 0.25) is 0 Å². The van der Waals surface area contributed by atoms with Gasteiger partial charge in [-0.25, -0.2) is 0 Å². The molecule has 94 valence electrons. The van der Waals surface area contributed by atoms with E-state index in [1.807, 2.05) is 0 Å². The Morgan fingerprint density at radius 1 is 0.889 bits per heavy atom. The fourth-order valence-electron chi connectivity index (χ4n) is 1.70. The lowest BCUT2D eigenvalue weighted by Gasteiger charge is -2.07. The molecule has 1 nitrogen and oxygen atoms in total. The molecule has 2 rings (SSSR count). The number of anilines is 1. The van der Waals surface area contributed by atoms with Crippen molar-refractivity contribution in [1.29, 1.82) is 0 Å². The van der Waals surface area contributed by atoms with Gasteiger partial charge < -0.3 is 5.32 Å². The first-order valence-corrected chi connectivity index (χ1v) is 7.24. The van der Waals surface area contributed by atoms with E-state index in [4.69, 9.17) is 11.6 Å². The second-order valence-electron chi connectivity index (χ2n) is 4.12. The van der Waals surface area contributed by atoms with Gasteiger partial charge in [0.25, 0.3) is 0 Å². The van der Waals surface area contributed by atoms with E-state index in [2.05, 4.69) is 69.8 Å². The predicted molar refractivity (Wildman–Crippen MR) is 82.3 cm³/mol. The summed E-state index contributed by atoms with van der Waals surface area (Å²) in [5.74, 6) is 0.672. The maximum Gasteiger partial charge on any atom is 0.0400 e. The summed E-state index contributed by atoms with van der Waals surface area (Å²) in [7, 11) is 0. The second kappa shape index (κ2) is 6.81. The zero-order valence-corrected chi connectivity index (χ0v) is 12.3. The third-order valence-electron chi connectivity index (χ3n) is 2.75. The molecule has 0 fully saturated rings. The van der Waals surface area contributed by atoms with Crippen LogP contribution in [0, 0.1) is 0 Å². The summed E-state index contributed by atoms with van der Waals surface area (Å²) in [6.45, 7) is 0.835. The fraction of sp³-hybridized carbons (Fsp3) is 0.200. The van der Waals surface area contributed by atoms with Crippen molar-refractivity contribution in [3.8, 4) is 0 Å².